The van der Waals surface area contributed by atoms with Crippen molar-refractivity contribution in [1.29, 1.82) is 0 Å². The van der Waals surface area contributed by atoms with Gasteiger partial charge >= 0.3 is 5.97 Å². The normalized spacial score (nSPS) is 12.1. The second-order valence-electron chi connectivity index (χ2n) is 3.39. The van der Waals surface area contributed by atoms with E-state index < -0.39 is 11.9 Å². The highest BCUT2D eigenvalue weighted by Gasteiger charge is 2.24. The monoisotopic (exact) mass is 238 g/mol. The van der Waals surface area contributed by atoms with Gasteiger partial charge in [-0.15, -0.1) is 11.8 Å². The van der Waals surface area contributed by atoms with Crippen LogP contribution in [0, 0.1) is 5.92 Å². The number of carboxylic acid groups (broad SMARTS) is 1. The summed E-state index contributed by atoms with van der Waals surface area (Å²) in [6.45, 7) is 1.70. The van der Waals surface area contributed by atoms with Crippen LogP contribution < -0.4 is 0 Å². The molecular formula is C12H14O3S. The number of benzene rings is 1. The highest BCUT2D eigenvalue weighted by Crippen LogP contribution is 2.18. The van der Waals surface area contributed by atoms with Crippen molar-refractivity contribution in [3.05, 3.63) is 29.8 Å². The molecule has 0 fully saturated rings. The second kappa shape index (κ2) is 5.70. The largest absolute Gasteiger partial charge is 0.481 e. The summed E-state index contributed by atoms with van der Waals surface area (Å²) in [7, 11) is 0. The molecule has 1 unspecified atom stereocenters. The molecule has 1 aromatic carbocycles. The van der Waals surface area contributed by atoms with Gasteiger partial charge < -0.3 is 5.11 Å². The Labute approximate surface area is 98.9 Å². The Morgan fingerprint density at radius 3 is 2.25 bits per heavy atom. The molecule has 86 valence electrons. The topological polar surface area (TPSA) is 54.4 Å². The van der Waals surface area contributed by atoms with Crippen LogP contribution in [-0.4, -0.2) is 23.1 Å². The van der Waals surface area contributed by atoms with Crippen molar-refractivity contribution >= 4 is 23.5 Å². The van der Waals surface area contributed by atoms with Gasteiger partial charge in [0.25, 0.3) is 0 Å². The molecule has 1 rings (SSSR count). The first kappa shape index (κ1) is 12.8. The minimum Gasteiger partial charge on any atom is -0.481 e. The number of aliphatic carboxylic acids is 1. The number of thioether (sulfide) groups is 1. The van der Waals surface area contributed by atoms with Crippen LogP contribution in [0.5, 0.6) is 0 Å². The van der Waals surface area contributed by atoms with E-state index in [0.29, 0.717) is 12.0 Å². The van der Waals surface area contributed by atoms with Gasteiger partial charge in [-0.2, -0.15) is 0 Å². The number of carbonyl (C=O) groups excluding carboxylic acids is 1. The van der Waals surface area contributed by atoms with Gasteiger partial charge in [-0.05, 0) is 24.8 Å². The van der Waals surface area contributed by atoms with Crippen LogP contribution in [0.1, 0.15) is 23.7 Å². The lowest BCUT2D eigenvalue weighted by Crippen LogP contribution is -2.23. The number of Topliss-reactive ketones (excluding diaryl/α,β-unsaturated/α-hetero) is 1. The summed E-state index contributed by atoms with van der Waals surface area (Å²) in [6.07, 6.45) is 2.27. The van der Waals surface area contributed by atoms with Crippen LogP contribution in [0.3, 0.4) is 0 Å². The Morgan fingerprint density at radius 1 is 1.31 bits per heavy atom. The molecule has 1 aromatic rings. The molecule has 1 N–H and O–H groups in total. The third-order valence-corrected chi connectivity index (χ3v) is 3.14. The lowest BCUT2D eigenvalue weighted by atomic mass is 9.95. The van der Waals surface area contributed by atoms with Crippen LogP contribution >= 0.6 is 11.8 Å². The molecule has 0 aliphatic rings. The third-order valence-electron chi connectivity index (χ3n) is 2.40. The van der Waals surface area contributed by atoms with Crippen molar-refractivity contribution in [3.63, 3.8) is 0 Å². The fourth-order valence-electron chi connectivity index (χ4n) is 1.43. The van der Waals surface area contributed by atoms with Crippen molar-refractivity contribution in [2.24, 2.45) is 5.92 Å². The quantitative estimate of drug-likeness (QED) is 0.487. The predicted molar refractivity (Wildman–Crippen MR) is 64.0 cm³/mol. The summed E-state index contributed by atoms with van der Waals surface area (Å²) in [4.78, 5) is 23.7. The van der Waals surface area contributed by atoms with E-state index in [-0.39, 0.29) is 5.78 Å². The van der Waals surface area contributed by atoms with Crippen LogP contribution in [0.25, 0.3) is 0 Å². The average Bonchev–Trinajstić information content (AvgIpc) is 2.29. The number of hydrogen-bond acceptors (Lipinski definition) is 3. The lowest BCUT2D eigenvalue weighted by molar-refractivity contribution is -0.140. The summed E-state index contributed by atoms with van der Waals surface area (Å²) >= 11 is 1.58. The highest BCUT2D eigenvalue weighted by atomic mass is 32.2. The van der Waals surface area contributed by atoms with Gasteiger partial charge in [0.05, 0.1) is 0 Å². The van der Waals surface area contributed by atoms with Crippen LogP contribution in [0.4, 0.5) is 0 Å². The molecule has 0 aliphatic heterocycles. The summed E-state index contributed by atoms with van der Waals surface area (Å²) < 4.78 is 0. The van der Waals surface area contributed by atoms with Gasteiger partial charge in [0, 0.05) is 10.5 Å². The van der Waals surface area contributed by atoms with Crippen molar-refractivity contribution in [3.8, 4) is 0 Å². The standard InChI is InChI=1S/C12H14O3S/c1-3-10(12(14)15)11(13)8-4-6-9(16-2)7-5-8/h4-7,10H,3H2,1-2H3,(H,14,15). The molecule has 0 amide bonds. The summed E-state index contributed by atoms with van der Waals surface area (Å²) in [5.41, 5.74) is 0.465. The van der Waals surface area contributed by atoms with E-state index in [1.807, 2.05) is 18.4 Å². The first-order valence-corrected chi connectivity index (χ1v) is 6.23. The molecule has 3 nitrogen and oxygen atoms in total. The van der Waals surface area contributed by atoms with Crippen LogP contribution in [-0.2, 0) is 4.79 Å². The third kappa shape index (κ3) is 2.85. The van der Waals surface area contributed by atoms with Gasteiger partial charge in [-0.25, -0.2) is 0 Å². The van der Waals surface area contributed by atoms with Crippen molar-refractivity contribution < 1.29 is 14.7 Å². The van der Waals surface area contributed by atoms with Gasteiger partial charge in [-0.3, -0.25) is 9.59 Å². The molecular weight excluding hydrogens is 224 g/mol. The highest BCUT2D eigenvalue weighted by molar-refractivity contribution is 7.98. The van der Waals surface area contributed by atoms with E-state index in [1.165, 1.54) is 0 Å². The lowest BCUT2D eigenvalue weighted by Gasteiger charge is -2.08. The van der Waals surface area contributed by atoms with Gasteiger partial charge in [0.15, 0.2) is 5.78 Å². The zero-order valence-corrected chi connectivity index (χ0v) is 10.1. The number of carboxylic acids is 1. The molecule has 1 atom stereocenters. The van der Waals surface area contributed by atoms with Crippen molar-refractivity contribution in [2.75, 3.05) is 6.26 Å². The second-order valence-corrected chi connectivity index (χ2v) is 4.27. The van der Waals surface area contributed by atoms with Crippen molar-refractivity contribution in [2.45, 2.75) is 18.2 Å². The van der Waals surface area contributed by atoms with Crippen LogP contribution in [0.2, 0.25) is 0 Å². The average molecular weight is 238 g/mol. The number of hydrogen-bond donors (Lipinski definition) is 1. The minimum absolute atomic E-state index is 0.317. The van der Waals surface area contributed by atoms with E-state index in [2.05, 4.69) is 0 Å². The van der Waals surface area contributed by atoms with Crippen LogP contribution in [0.15, 0.2) is 29.2 Å². The molecule has 0 heterocycles. The van der Waals surface area contributed by atoms with E-state index in [1.54, 1.807) is 30.8 Å². The molecule has 4 heteroatoms. The Balaban J connectivity index is 2.91. The van der Waals surface area contributed by atoms with E-state index >= 15 is 0 Å². The number of ketones is 1. The summed E-state index contributed by atoms with van der Waals surface area (Å²) in [6, 6.07) is 7.01. The maximum Gasteiger partial charge on any atom is 0.314 e. The smallest absolute Gasteiger partial charge is 0.314 e. The van der Waals surface area contributed by atoms with Crippen molar-refractivity contribution in [1.82, 2.24) is 0 Å². The summed E-state index contributed by atoms with van der Waals surface area (Å²) in [5, 5.41) is 8.88. The zero-order chi connectivity index (χ0) is 12.1. The first-order chi connectivity index (χ1) is 7.60. The molecule has 0 aromatic heterocycles. The molecule has 0 aliphatic carbocycles. The molecule has 0 bridgehead atoms. The van der Waals surface area contributed by atoms with E-state index in [4.69, 9.17) is 5.11 Å². The molecule has 0 saturated carbocycles. The minimum atomic E-state index is -1.05. The Bertz CT molecular complexity index is 384. The zero-order valence-electron chi connectivity index (χ0n) is 9.27. The fraction of sp³-hybridized carbons (Fsp3) is 0.333. The van der Waals surface area contributed by atoms with E-state index in [9.17, 15) is 9.59 Å². The van der Waals surface area contributed by atoms with E-state index in [0.717, 1.165) is 4.90 Å². The number of carbonyl (C=O) groups is 2. The summed E-state index contributed by atoms with van der Waals surface area (Å²) in [5.74, 6) is -2.30. The SMILES string of the molecule is CCC(C(=O)O)C(=O)c1ccc(SC)cc1. The number of rotatable bonds is 5. The Hall–Kier alpha value is -1.29. The predicted octanol–water partition coefficient (Wildman–Crippen LogP) is 2.70. The fourth-order valence-corrected chi connectivity index (χ4v) is 1.84. The molecule has 0 spiro atoms. The molecule has 16 heavy (non-hydrogen) atoms. The van der Waals surface area contributed by atoms with Gasteiger partial charge in [-0.1, -0.05) is 19.1 Å². The van der Waals surface area contributed by atoms with Gasteiger partial charge in [0.1, 0.15) is 5.92 Å². The molecule has 0 radical (unpaired) electrons. The Morgan fingerprint density at radius 2 is 1.88 bits per heavy atom. The molecule has 0 saturated heterocycles. The van der Waals surface area contributed by atoms with Gasteiger partial charge in [0.2, 0.25) is 0 Å². The maximum atomic E-state index is 11.8. The first-order valence-electron chi connectivity index (χ1n) is 5.01. The maximum absolute atomic E-state index is 11.8. The Kier molecular flexibility index (Phi) is 4.55.